The van der Waals surface area contributed by atoms with Gasteiger partial charge in [-0.25, -0.2) is 4.39 Å². The average Bonchev–Trinajstić information content (AvgIpc) is 3.31. The summed E-state index contributed by atoms with van der Waals surface area (Å²) in [6.07, 6.45) is 0. The lowest BCUT2D eigenvalue weighted by Gasteiger charge is -2.34. The number of carbonyl (C=O) groups excluding carboxylic acids is 1. The van der Waals surface area contributed by atoms with Crippen LogP contribution in [0.4, 0.5) is 15.9 Å². The van der Waals surface area contributed by atoms with Crippen LogP contribution >= 0.6 is 0 Å². The van der Waals surface area contributed by atoms with E-state index >= 15 is 0 Å². The zero-order valence-corrected chi connectivity index (χ0v) is 20.7. The molecular weight excluding hydrogens is 473 g/mol. The quantitative estimate of drug-likeness (QED) is 0.332. The fraction of sp³-hybridized carbons (Fsp3) is 0.286. The van der Waals surface area contributed by atoms with Gasteiger partial charge < -0.3 is 24.6 Å². The van der Waals surface area contributed by atoms with E-state index in [-0.39, 0.29) is 11.7 Å². The van der Waals surface area contributed by atoms with Gasteiger partial charge in [-0.3, -0.25) is 9.89 Å². The molecule has 0 atom stereocenters. The number of amides is 1. The Hall–Kier alpha value is -3.95. The molecule has 1 aromatic heterocycles. The van der Waals surface area contributed by atoms with Crippen LogP contribution in [0.25, 0.3) is 10.9 Å². The number of nitrogens with zero attached hydrogens (tertiary/aromatic N) is 3. The highest BCUT2D eigenvalue weighted by molar-refractivity contribution is 6.08. The predicted molar refractivity (Wildman–Crippen MR) is 142 cm³/mol. The molecule has 5 rings (SSSR count). The molecule has 4 aromatic rings. The highest BCUT2D eigenvalue weighted by Crippen LogP contribution is 2.25. The minimum atomic E-state index is -0.278. The number of rotatable bonds is 9. The molecule has 192 valence electrons. The maximum atomic E-state index is 13.2. The number of ether oxygens (including phenoxy) is 2. The molecule has 1 saturated heterocycles. The first-order valence-electron chi connectivity index (χ1n) is 12.3. The van der Waals surface area contributed by atoms with Crippen LogP contribution in [-0.4, -0.2) is 67.4 Å². The number of hydrogen-bond donors (Lipinski definition) is 2. The second-order valence-electron chi connectivity index (χ2n) is 9.10. The van der Waals surface area contributed by atoms with Gasteiger partial charge in [0, 0.05) is 48.9 Å². The van der Waals surface area contributed by atoms with Gasteiger partial charge in [-0.2, -0.15) is 5.10 Å². The molecule has 1 aliphatic rings. The molecule has 0 radical (unpaired) electrons. The largest absolute Gasteiger partial charge is 0.491 e. The number of likely N-dealkylation sites (N-methyl/N-ethyl adjacent to an activating group) is 1. The van der Waals surface area contributed by atoms with Gasteiger partial charge in [-0.1, -0.05) is 12.1 Å². The predicted octanol–water partition coefficient (Wildman–Crippen LogP) is 4.30. The van der Waals surface area contributed by atoms with Crippen molar-refractivity contribution in [3.05, 3.63) is 83.7 Å². The van der Waals surface area contributed by atoms with Crippen LogP contribution in [0.15, 0.2) is 66.7 Å². The average molecular weight is 504 g/mol. The fourth-order valence-corrected chi connectivity index (χ4v) is 4.29. The number of carbonyl (C=O) groups is 1. The molecular formula is C28H30FN5O3. The molecule has 3 aromatic carbocycles. The van der Waals surface area contributed by atoms with E-state index in [0.29, 0.717) is 37.0 Å². The molecule has 1 fully saturated rings. The second kappa shape index (κ2) is 11.4. The van der Waals surface area contributed by atoms with E-state index in [0.717, 1.165) is 48.3 Å². The van der Waals surface area contributed by atoms with Crippen molar-refractivity contribution in [2.75, 3.05) is 56.7 Å². The van der Waals surface area contributed by atoms with Gasteiger partial charge in [-0.05, 0) is 61.1 Å². The second-order valence-corrected chi connectivity index (χ2v) is 9.10. The lowest BCUT2D eigenvalue weighted by Crippen LogP contribution is -2.44. The van der Waals surface area contributed by atoms with Crippen molar-refractivity contribution in [3.63, 3.8) is 0 Å². The van der Waals surface area contributed by atoms with Crippen LogP contribution in [-0.2, 0) is 11.3 Å². The van der Waals surface area contributed by atoms with Gasteiger partial charge >= 0.3 is 0 Å². The Morgan fingerprint density at radius 2 is 1.84 bits per heavy atom. The molecule has 0 saturated carbocycles. The summed E-state index contributed by atoms with van der Waals surface area (Å²) in [4.78, 5) is 17.5. The third-order valence-electron chi connectivity index (χ3n) is 6.42. The molecule has 2 N–H and O–H groups in total. The van der Waals surface area contributed by atoms with Crippen LogP contribution in [0.3, 0.4) is 0 Å². The van der Waals surface area contributed by atoms with Crippen molar-refractivity contribution in [3.8, 4) is 5.75 Å². The Morgan fingerprint density at radius 1 is 1.03 bits per heavy atom. The number of nitrogens with one attached hydrogen (secondary N) is 2. The number of aromatic amines is 1. The van der Waals surface area contributed by atoms with Crippen molar-refractivity contribution in [2.45, 2.75) is 6.61 Å². The molecule has 8 nitrogen and oxygen atoms in total. The molecule has 37 heavy (non-hydrogen) atoms. The van der Waals surface area contributed by atoms with Gasteiger partial charge in [0.15, 0.2) is 5.82 Å². The van der Waals surface area contributed by atoms with E-state index in [9.17, 15) is 9.18 Å². The van der Waals surface area contributed by atoms with Crippen molar-refractivity contribution < 1.29 is 18.7 Å². The van der Waals surface area contributed by atoms with Gasteiger partial charge in [0.2, 0.25) is 0 Å². The standard InChI is InChI=1S/C28H30FN5O3/c1-33-11-13-34(14-12-33)23-7-5-21(6-8-23)28(35)30-27-25-10-9-24(18-26(25)31-32-27)37-16-15-36-19-20-3-2-4-22(29)17-20/h2-10,17-18H,11-16,19H2,1H3,(H2,30,31,32,35). The lowest BCUT2D eigenvalue weighted by atomic mass is 10.1. The fourth-order valence-electron chi connectivity index (χ4n) is 4.29. The summed E-state index contributed by atoms with van der Waals surface area (Å²) in [6.45, 7) is 5.07. The number of benzene rings is 3. The Labute approximate surface area is 215 Å². The van der Waals surface area contributed by atoms with Crippen molar-refractivity contribution in [1.82, 2.24) is 15.1 Å². The summed E-state index contributed by atoms with van der Waals surface area (Å²) < 4.78 is 24.5. The van der Waals surface area contributed by atoms with Gasteiger partial charge in [0.25, 0.3) is 5.91 Å². The summed E-state index contributed by atoms with van der Waals surface area (Å²) in [5.74, 6) is 0.630. The molecule has 2 heterocycles. The summed E-state index contributed by atoms with van der Waals surface area (Å²) in [6, 6.07) is 19.5. The first kappa shape index (κ1) is 24.7. The summed E-state index contributed by atoms with van der Waals surface area (Å²) in [5, 5.41) is 10.9. The number of aromatic nitrogens is 2. The highest BCUT2D eigenvalue weighted by atomic mass is 19.1. The van der Waals surface area contributed by atoms with Gasteiger partial charge in [0.05, 0.1) is 18.7 Å². The number of fused-ring (bicyclic) bond motifs is 1. The van der Waals surface area contributed by atoms with Crippen LogP contribution < -0.4 is 15.0 Å². The number of halogens is 1. The molecule has 0 unspecified atom stereocenters. The van der Waals surface area contributed by atoms with Crippen LogP contribution in [0, 0.1) is 5.82 Å². The van der Waals surface area contributed by atoms with E-state index in [1.165, 1.54) is 12.1 Å². The van der Waals surface area contributed by atoms with Crippen LogP contribution in [0.2, 0.25) is 0 Å². The molecule has 1 amide bonds. The Kier molecular flexibility index (Phi) is 7.62. The third-order valence-corrected chi connectivity index (χ3v) is 6.42. The Balaban J connectivity index is 1.13. The minimum absolute atomic E-state index is 0.214. The summed E-state index contributed by atoms with van der Waals surface area (Å²) >= 11 is 0. The van der Waals surface area contributed by atoms with Crippen LogP contribution in [0.1, 0.15) is 15.9 Å². The maximum Gasteiger partial charge on any atom is 0.256 e. The molecule has 9 heteroatoms. The molecule has 0 spiro atoms. The summed E-state index contributed by atoms with van der Waals surface area (Å²) in [5.41, 5.74) is 3.23. The van der Waals surface area contributed by atoms with E-state index in [4.69, 9.17) is 9.47 Å². The monoisotopic (exact) mass is 503 g/mol. The van der Waals surface area contributed by atoms with E-state index in [1.807, 2.05) is 48.5 Å². The van der Waals surface area contributed by atoms with Gasteiger partial charge in [0.1, 0.15) is 18.2 Å². The Morgan fingerprint density at radius 3 is 2.62 bits per heavy atom. The van der Waals surface area contributed by atoms with E-state index in [2.05, 4.69) is 32.4 Å². The first-order valence-corrected chi connectivity index (χ1v) is 12.3. The summed E-state index contributed by atoms with van der Waals surface area (Å²) in [7, 11) is 2.13. The highest BCUT2D eigenvalue weighted by Gasteiger charge is 2.16. The lowest BCUT2D eigenvalue weighted by molar-refractivity contribution is 0.0888. The first-order chi connectivity index (χ1) is 18.0. The van der Waals surface area contributed by atoms with Crippen molar-refractivity contribution in [1.29, 1.82) is 0 Å². The van der Waals surface area contributed by atoms with Crippen LogP contribution in [0.5, 0.6) is 5.75 Å². The molecule has 0 bridgehead atoms. The van der Waals surface area contributed by atoms with E-state index in [1.54, 1.807) is 6.07 Å². The smallest absolute Gasteiger partial charge is 0.256 e. The van der Waals surface area contributed by atoms with Crippen molar-refractivity contribution in [2.24, 2.45) is 0 Å². The zero-order chi connectivity index (χ0) is 25.6. The topological polar surface area (TPSA) is 82.7 Å². The Bertz CT molecular complexity index is 1350. The van der Waals surface area contributed by atoms with E-state index < -0.39 is 0 Å². The number of hydrogen-bond acceptors (Lipinski definition) is 6. The minimum Gasteiger partial charge on any atom is -0.491 e. The maximum absolute atomic E-state index is 13.2. The number of piperazine rings is 1. The number of H-pyrrole nitrogens is 1. The zero-order valence-electron chi connectivity index (χ0n) is 20.7. The molecule has 0 aliphatic carbocycles. The molecule has 1 aliphatic heterocycles. The van der Waals surface area contributed by atoms with Crippen molar-refractivity contribution >= 4 is 28.3 Å². The SMILES string of the molecule is CN1CCN(c2ccc(C(=O)Nc3n[nH]c4cc(OCCOCc5cccc(F)c5)ccc34)cc2)CC1. The third kappa shape index (κ3) is 6.25. The van der Waals surface area contributed by atoms with Gasteiger partial charge in [-0.15, -0.1) is 0 Å². The normalized spacial score (nSPS) is 14.2. The number of anilines is 2.